The lowest BCUT2D eigenvalue weighted by Gasteiger charge is -2.11. The van der Waals surface area contributed by atoms with Gasteiger partial charge in [-0.2, -0.15) is 0 Å². The summed E-state index contributed by atoms with van der Waals surface area (Å²) in [5, 5.41) is 8.13. The summed E-state index contributed by atoms with van der Waals surface area (Å²) in [5.41, 5.74) is 2.42. The van der Waals surface area contributed by atoms with Gasteiger partial charge in [-0.25, -0.2) is 4.68 Å². The fourth-order valence-electron chi connectivity index (χ4n) is 2.02. The second-order valence-corrected chi connectivity index (χ2v) is 5.04. The molecule has 0 saturated carbocycles. The fraction of sp³-hybridized carbons (Fsp3) is 0.400. The number of alkyl halides is 1. The van der Waals surface area contributed by atoms with Crippen molar-refractivity contribution < 1.29 is 9.53 Å². The number of rotatable bonds is 7. The van der Waals surface area contributed by atoms with Crippen LogP contribution in [0.3, 0.4) is 0 Å². The maximum atomic E-state index is 11.5. The van der Waals surface area contributed by atoms with Crippen LogP contribution in [0.25, 0.3) is 0 Å². The van der Waals surface area contributed by atoms with E-state index in [1.807, 2.05) is 25.3 Å². The molecule has 6 heteroatoms. The van der Waals surface area contributed by atoms with Gasteiger partial charge in [0.2, 0.25) is 0 Å². The number of carbonyl (C=O) groups is 1. The Kier molecular flexibility index (Phi) is 5.33. The van der Waals surface area contributed by atoms with Gasteiger partial charge in [0.25, 0.3) is 0 Å². The molecule has 0 amide bonds. The normalized spacial score (nSPS) is 10.6. The van der Waals surface area contributed by atoms with Crippen molar-refractivity contribution in [1.29, 1.82) is 0 Å². The minimum absolute atomic E-state index is 0.0284. The van der Waals surface area contributed by atoms with Crippen LogP contribution in [0.4, 0.5) is 0 Å². The average molecular weight is 308 g/mol. The molecule has 0 radical (unpaired) electrons. The number of hydrogen-bond donors (Lipinski definition) is 0. The molecule has 0 atom stereocenters. The first-order valence-electron chi connectivity index (χ1n) is 6.85. The van der Waals surface area contributed by atoms with Gasteiger partial charge in [0.1, 0.15) is 5.75 Å². The Balaban J connectivity index is 2.26. The molecule has 1 aromatic carbocycles. The Hall–Kier alpha value is -1.88. The quantitative estimate of drug-likeness (QED) is 0.583. The summed E-state index contributed by atoms with van der Waals surface area (Å²) in [6.07, 6.45) is 2.55. The van der Waals surface area contributed by atoms with Gasteiger partial charge in [0, 0.05) is 29.6 Å². The van der Waals surface area contributed by atoms with Crippen molar-refractivity contribution >= 4 is 17.4 Å². The predicted molar refractivity (Wildman–Crippen MR) is 81.2 cm³/mol. The van der Waals surface area contributed by atoms with Crippen molar-refractivity contribution in [1.82, 2.24) is 15.0 Å². The second kappa shape index (κ2) is 7.22. The lowest BCUT2D eigenvalue weighted by atomic mass is 10.1. The maximum Gasteiger partial charge on any atom is 0.159 e. The molecule has 0 aliphatic carbocycles. The van der Waals surface area contributed by atoms with Gasteiger partial charge < -0.3 is 4.74 Å². The molecule has 0 bridgehead atoms. The molecule has 0 fully saturated rings. The number of aryl methyl sites for hydroxylation is 1. The Morgan fingerprint density at radius 2 is 2.24 bits per heavy atom. The molecule has 0 aliphatic rings. The standard InChI is InChI=1S/C15H18ClN3O2/c1-3-21-15-5-4-12(11(2)20)8-13(15)9-19-10-14(6-7-16)17-18-19/h4-5,8,10H,3,6-7,9H2,1-2H3. The summed E-state index contributed by atoms with van der Waals surface area (Å²) >= 11 is 5.69. The van der Waals surface area contributed by atoms with E-state index in [-0.39, 0.29) is 5.78 Å². The van der Waals surface area contributed by atoms with Gasteiger partial charge >= 0.3 is 0 Å². The van der Waals surface area contributed by atoms with E-state index in [9.17, 15) is 4.79 Å². The number of Topliss-reactive ketones (excluding diaryl/α,β-unsaturated/α-hetero) is 1. The lowest BCUT2D eigenvalue weighted by molar-refractivity contribution is 0.101. The summed E-state index contributed by atoms with van der Waals surface area (Å²) in [4.78, 5) is 11.5. The third-order valence-corrected chi connectivity index (χ3v) is 3.22. The fourth-order valence-corrected chi connectivity index (χ4v) is 2.21. The van der Waals surface area contributed by atoms with Crippen LogP contribution in [0.2, 0.25) is 0 Å². The minimum atomic E-state index is 0.0284. The molecule has 112 valence electrons. The number of carbonyl (C=O) groups excluding carboxylic acids is 1. The van der Waals surface area contributed by atoms with E-state index in [2.05, 4.69) is 10.3 Å². The molecule has 21 heavy (non-hydrogen) atoms. The van der Waals surface area contributed by atoms with Crippen molar-refractivity contribution in [2.45, 2.75) is 26.8 Å². The number of nitrogens with zero attached hydrogens (tertiary/aromatic N) is 3. The van der Waals surface area contributed by atoms with Crippen molar-refractivity contribution in [2.75, 3.05) is 12.5 Å². The first kappa shape index (κ1) is 15.5. The molecule has 0 unspecified atom stereocenters. The molecule has 0 saturated heterocycles. The summed E-state index contributed by atoms with van der Waals surface area (Å²) < 4.78 is 7.33. The summed E-state index contributed by atoms with van der Waals surface area (Å²) in [5.74, 6) is 1.31. The van der Waals surface area contributed by atoms with Crippen LogP contribution in [-0.2, 0) is 13.0 Å². The molecule has 5 nitrogen and oxygen atoms in total. The van der Waals surface area contributed by atoms with Crippen molar-refractivity contribution in [2.24, 2.45) is 0 Å². The van der Waals surface area contributed by atoms with E-state index >= 15 is 0 Å². The molecular formula is C15H18ClN3O2. The topological polar surface area (TPSA) is 57.0 Å². The Bertz CT molecular complexity index is 625. The molecule has 0 N–H and O–H groups in total. The third kappa shape index (κ3) is 4.04. The van der Waals surface area contributed by atoms with Gasteiger partial charge in [-0.1, -0.05) is 5.21 Å². The number of ketones is 1. The third-order valence-electron chi connectivity index (χ3n) is 3.04. The van der Waals surface area contributed by atoms with Crippen LogP contribution < -0.4 is 4.74 Å². The molecule has 1 aromatic heterocycles. The van der Waals surface area contributed by atoms with E-state index in [1.165, 1.54) is 0 Å². The first-order valence-corrected chi connectivity index (χ1v) is 7.39. The zero-order valence-electron chi connectivity index (χ0n) is 12.2. The minimum Gasteiger partial charge on any atom is -0.494 e. The van der Waals surface area contributed by atoms with Gasteiger partial charge in [-0.15, -0.1) is 16.7 Å². The highest BCUT2D eigenvalue weighted by molar-refractivity contribution is 6.17. The van der Waals surface area contributed by atoms with Gasteiger partial charge in [-0.05, 0) is 32.0 Å². The van der Waals surface area contributed by atoms with Crippen molar-refractivity contribution in [3.8, 4) is 5.75 Å². The number of halogens is 1. The first-order chi connectivity index (χ1) is 10.1. The summed E-state index contributed by atoms with van der Waals surface area (Å²) in [6.45, 7) is 4.55. The van der Waals surface area contributed by atoms with Crippen LogP contribution in [0, 0.1) is 0 Å². The molecule has 0 aliphatic heterocycles. The largest absolute Gasteiger partial charge is 0.494 e. The van der Waals surface area contributed by atoms with E-state index in [0.29, 0.717) is 31.0 Å². The van der Waals surface area contributed by atoms with E-state index < -0.39 is 0 Å². The smallest absolute Gasteiger partial charge is 0.159 e. The predicted octanol–water partition coefficient (Wildman–Crippen LogP) is 2.71. The molecule has 1 heterocycles. The Morgan fingerprint density at radius 3 is 2.90 bits per heavy atom. The van der Waals surface area contributed by atoms with Crippen molar-refractivity contribution in [3.63, 3.8) is 0 Å². The van der Waals surface area contributed by atoms with E-state index in [0.717, 1.165) is 17.0 Å². The molecule has 0 spiro atoms. The highest BCUT2D eigenvalue weighted by Gasteiger charge is 2.10. The van der Waals surface area contributed by atoms with Crippen LogP contribution in [-0.4, -0.2) is 33.3 Å². The Morgan fingerprint density at radius 1 is 1.43 bits per heavy atom. The highest BCUT2D eigenvalue weighted by atomic mass is 35.5. The van der Waals surface area contributed by atoms with Gasteiger partial charge in [0.15, 0.2) is 5.78 Å². The molecular weight excluding hydrogens is 290 g/mol. The summed E-state index contributed by atoms with van der Waals surface area (Å²) in [7, 11) is 0. The van der Waals surface area contributed by atoms with Crippen LogP contribution in [0.15, 0.2) is 24.4 Å². The lowest BCUT2D eigenvalue weighted by Crippen LogP contribution is -2.06. The number of aromatic nitrogens is 3. The van der Waals surface area contributed by atoms with Gasteiger partial charge in [0.05, 0.1) is 18.8 Å². The Labute approximate surface area is 128 Å². The number of ether oxygens (including phenoxy) is 1. The SMILES string of the molecule is CCOc1ccc(C(C)=O)cc1Cn1cc(CCCl)nn1. The second-order valence-electron chi connectivity index (χ2n) is 4.66. The van der Waals surface area contributed by atoms with Crippen LogP contribution >= 0.6 is 11.6 Å². The molecule has 2 rings (SSSR count). The van der Waals surface area contributed by atoms with Gasteiger partial charge in [-0.3, -0.25) is 4.79 Å². The number of hydrogen-bond acceptors (Lipinski definition) is 4. The van der Waals surface area contributed by atoms with E-state index in [4.69, 9.17) is 16.3 Å². The monoisotopic (exact) mass is 307 g/mol. The van der Waals surface area contributed by atoms with Crippen LogP contribution in [0.5, 0.6) is 5.75 Å². The average Bonchev–Trinajstić information content (AvgIpc) is 2.88. The summed E-state index contributed by atoms with van der Waals surface area (Å²) in [6, 6.07) is 5.44. The number of benzene rings is 1. The highest BCUT2D eigenvalue weighted by Crippen LogP contribution is 2.21. The maximum absolute atomic E-state index is 11.5. The zero-order valence-corrected chi connectivity index (χ0v) is 12.9. The molecule has 2 aromatic rings. The van der Waals surface area contributed by atoms with Crippen LogP contribution in [0.1, 0.15) is 35.5 Å². The van der Waals surface area contributed by atoms with E-state index in [1.54, 1.807) is 17.7 Å². The zero-order chi connectivity index (χ0) is 15.2. The van der Waals surface area contributed by atoms with Crippen molar-refractivity contribution in [3.05, 3.63) is 41.2 Å².